The summed E-state index contributed by atoms with van der Waals surface area (Å²) in [5.41, 5.74) is 4.09. The molecule has 0 fully saturated rings. The van der Waals surface area contributed by atoms with E-state index in [1.807, 2.05) is 57.3 Å². The van der Waals surface area contributed by atoms with Gasteiger partial charge in [-0.25, -0.2) is 0 Å². The Kier molecular flexibility index (Phi) is 4.55. The fourth-order valence-electron chi connectivity index (χ4n) is 1.80. The van der Waals surface area contributed by atoms with Crippen LogP contribution in [-0.4, -0.2) is 25.6 Å². The minimum absolute atomic E-state index is 0. The minimum atomic E-state index is 0. The van der Waals surface area contributed by atoms with Crippen molar-refractivity contribution < 1.29 is 1.43 Å². The van der Waals surface area contributed by atoms with Gasteiger partial charge in [-0.1, -0.05) is 32.0 Å². The van der Waals surface area contributed by atoms with Gasteiger partial charge in [-0.15, -0.1) is 10.2 Å². The Balaban J connectivity index is 0.000000706. The summed E-state index contributed by atoms with van der Waals surface area (Å²) in [4.78, 5) is 4.37. The molecule has 0 spiro atoms. The average molecular weight is 269 g/mol. The molecule has 0 aliphatic carbocycles. The van der Waals surface area contributed by atoms with Crippen molar-refractivity contribution in [2.45, 2.75) is 20.8 Å². The van der Waals surface area contributed by atoms with Gasteiger partial charge in [0.05, 0.1) is 5.69 Å². The van der Waals surface area contributed by atoms with Crippen molar-refractivity contribution in [3.05, 3.63) is 48.2 Å². The standard InChI is InChI=1S/C13H11N5.C2H6.H2/c1-9-5-6-14-12(7-9)10-3-2-4-11(8-10)13-15-17-18-16-13;1-2;/h2-8H,1H3,(H,15,16,17,18);1-2H3;1H. The molecule has 0 bridgehead atoms. The van der Waals surface area contributed by atoms with E-state index in [9.17, 15) is 0 Å². The number of nitrogens with zero attached hydrogens (tertiary/aromatic N) is 4. The van der Waals surface area contributed by atoms with Crippen molar-refractivity contribution in [1.82, 2.24) is 25.6 Å². The first kappa shape index (κ1) is 13.9. The van der Waals surface area contributed by atoms with E-state index in [0.717, 1.165) is 16.8 Å². The molecule has 2 heterocycles. The zero-order valence-corrected chi connectivity index (χ0v) is 11.8. The maximum Gasteiger partial charge on any atom is 0.204 e. The lowest BCUT2D eigenvalue weighted by molar-refractivity contribution is 0.881. The molecule has 0 amide bonds. The number of nitrogens with one attached hydrogen (secondary N) is 1. The number of pyridine rings is 1. The number of aryl methyl sites for hydroxylation is 1. The number of aromatic amines is 1. The van der Waals surface area contributed by atoms with E-state index in [1.165, 1.54) is 5.56 Å². The maximum absolute atomic E-state index is 4.37. The number of hydrogen-bond acceptors (Lipinski definition) is 4. The molecule has 0 atom stereocenters. The summed E-state index contributed by atoms with van der Waals surface area (Å²) in [6.45, 7) is 6.05. The lowest BCUT2D eigenvalue weighted by atomic mass is 10.1. The third-order valence-electron chi connectivity index (χ3n) is 2.68. The summed E-state index contributed by atoms with van der Waals surface area (Å²) < 4.78 is 0. The highest BCUT2D eigenvalue weighted by molar-refractivity contribution is 5.67. The first-order valence-corrected chi connectivity index (χ1v) is 6.60. The van der Waals surface area contributed by atoms with Crippen molar-refractivity contribution in [3.8, 4) is 22.6 Å². The normalized spacial score (nSPS) is 9.75. The average Bonchev–Trinajstić information content (AvgIpc) is 3.04. The molecule has 20 heavy (non-hydrogen) atoms. The predicted molar refractivity (Wildman–Crippen MR) is 81.0 cm³/mol. The molecule has 3 aromatic rings. The SMILES string of the molecule is CC.Cc1ccnc(-c2cccc(-c3nn[nH]n3)c2)c1.[HH]. The van der Waals surface area contributed by atoms with Crippen molar-refractivity contribution in [3.63, 3.8) is 0 Å². The van der Waals surface area contributed by atoms with Crippen LogP contribution in [0.15, 0.2) is 42.6 Å². The van der Waals surface area contributed by atoms with Crippen LogP contribution in [0, 0.1) is 6.92 Å². The van der Waals surface area contributed by atoms with Gasteiger partial charge in [0.25, 0.3) is 0 Å². The number of aromatic nitrogens is 5. The lowest BCUT2D eigenvalue weighted by Crippen LogP contribution is -1.86. The van der Waals surface area contributed by atoms with Crippen molar-refractivity contribution in [2.24, 2.45) is 0 Å². The Hall–Kier alpha value is -2.56. The molecule has 0 unspecified atom stereocenters. The monoisotopic (exact) mass is 269 g/mol. The van der Waals surface area contributed by atoms with Crippen LogP contribution in [0.5, 0.6) is 0 Å². The molecule has 0 saturated carbocycles. The molecule has 0 aliphatic rings. The highest BCUT2D eigenvalue weighted by atomic mass is 15.5. The minimum Gasteiger partial charge on any atom is -0.256 e. The topological polar surface area (TPSA) is 67.3 Å². The molecule has 1 N–H and O–H groups in total. The Morgan fingerprint density at radius 3 is 2.55 bits per heavy atom. The van der Waals surface area contributed by atoms with Gasteiger partial charge in [-0.2, -0.15) is 5.21 Å². The van der Waals surface area contributed by atoms with Gasteiger partial charge in [0.2, 0.25) is 5.82 Å². The number of benzene rings is 1. The van der Waals surface area contributed by atoms with Gasteiger partial charge in [-0.3, -0.25) is 4.98 Å². The molecule has 3 rings (SSSR count). The van der Waals surface area contributed by atoms with E-state index < -0.39 is 0 Å². The number of tetrazole rings is 1. The first-order chi connectivity index (χ1) is 9.83. The molecular weight excluding hydrogens is 250 g/mol. The Bertz CT molecular complexity index is 667. The van der Waals surface area contributed by atoms with E-state index in [1.54, 1.807) is 0 Å². The summed E-state index contributed by atoms with van der Waals surface area (Å²) in [6.07, 6.45) is 1.81. The second-order valence-electron chi connectivity index (χ2n) is 4.03. The van der Waals surface area contributed by atoms with E-state index >= 15 is 0 Å². The van der Waals surface area contributed by atoms with Crippen LogP contribution in [0.25, 0.3) is 22.6 Å². The summed E-state index contributed by atoms with van der Waals surface area (Å²) in [6, 6.07) is 12.0. The second-order valence-corrected chi connectivity index (χ2v) is 4.03. The zero-order valence-electron chi connectivity index (χ0n) is 11.8. The van der Waals surface area contributed by atoms with E-state index in [-0.39, 0.29) is 1.43 Å². The summed E-state index contributed by atoms with van der Waals surface area (Å²) in [5, 5.41) is 14.0. The third-order valence-corrected chi connectivity index (χ3v) is 2.68. The quantitative estimate of drug-likeness (QED) is 0.773. The highest BCUT2D eigenvalue weighted by Crippen LogP contribution is 2.22. The van der Waals surface area contributed by atoms with E-state index in [4.69, 9.17) is 0 Å². The summed E-state index contributed by atoms with van der Waals surface area (Å²) >= 11 is 0. The maximum atomic E-state index is 4.37. The zero-order chi connectivity index (χ0) is 14.4. The molecule has 0 radical (unpaired) electrons. The smallest absolute Gasteiger partial charge is 0.204 e. The van der Waals surface area contributed by atoms with Gasteiger partial charge in [0.15, 0.2) is 0 Å². The van der Waals surface area contributed by atoms with Gasteiger partial charge >= 0.3 is 0 Å². The van der Waals surface area contributed by atoms with Crippen LogP contribution in [0.1, 0.15) is 20.8 Å². The lowest BCUT2D eigenvalue weighted by Gasteiger charge is -2.03. The van der Waals surface area contributed by atoms with Gasteiger partial charge < -0.3 is 0 Å². The van der Waals surface area contributed by atoms with Crippen LogP contribution in [-0.2, 0) is 0 Å². The Morgan fingerprint density at radius 1 is 1.05 bits per heavy atom. The fourth-order valence-corrected chi connectivity index (χ4v) is 1.80. The molecule has 1 aromatic carbocycles. The largest absolute Gasteiger partial charge is 0.256 e. The van der Waals surface area contributed by atoms with Crippen molar-refractivity contribution in [1.29, 1.82) is 0 Å². The number of H-pyrrole nitrogens is 1. The van der Waals surface area contributed by atoms with Gasteiger partial charge in [-0.05, 0) is 35.9 Å². The van der Waals surface area contributed by atoms with Crippen molar-refractivity contribution in [2.75, 3.05) is 0 Å². The molecule has 2 aromatic heterocycles. The van der Waals surface area contributed by atoms with Crippen molar-refractivity contribution >= 4 is 0 Å². The predicted octanol–water partition coefficient (Wildman–Crippen LogP) is 3.51. The molecule has 5 heteroatoms. The van der Waals surface area contributed by atoms with Gasteiger partial charge in [0, 0.05) is 18.8 Å². The second kappa shape index (κ2) is 6.56. The Morgan fingerprint density at radius 2 is 1.85 bits per heavy atom. The summed E-state index contributed by atoms with van der Waals surface area (Å²) in [5.74, 6) is 0.588. The van der Waals surface area contributed by atoms with Crippen LogP contribution < -0.4 is 0 Å². The van der Waals surface area contributed by atoms with Crippen LogP contribution >= 0.6 is 0 Å². The number of rotatable bonds is 2. The molecule has 0 saturated heterocycles. The Labute approximate surface area is 119 Å². The third kappa shape index (κ3) is 3.06. The highest BCUT2D eigenvalue weighted by Gasteiger charge is 2.05. The van der Waals surface area contributed by atoms with Crippen LogP contribution in [0.4, 0.5) is 0 Å². The van der Waals surface area contributed by atoms with Crippen LogP contribution in [0.3, 0.4) is 0 Å². The van der Waals surface area contributed by atoms with E-state index in [2.05, 4.69) is 31.7 Å². The molecular formula is C15H19N5. The number of hydrogen-bond donors (Lipinski definition) is 1. The summed E-state index contributed by atoms with van der Waals surface area (Å²) in [7, 11) is 0. The van der Waals surface area contributed by atoms with Gasteiger partial charge in [0.1, 0.15) is 0 Å². The fraction of sp³-hybridized carbons (Fsp3) is 0.200. The molecule has 5 nitrogen and oxygen atoms in total. The molecule has 104 valence electrons. The molecule has 0 aliphatic heterocycles. The first-order valence-electron chi connectivity index (χ1n) is 6.60. The van der Waals surface area contributed by atoms with E-state index in [0.29, 0.717) is 5.82 Å². The van der Waals surface area contributed by atoms with Crippen LogP contribution in [0.2, 0.25) is 0 Å².